The molecule has 0 fully saturated rings. The van der Waals surface area contributed by atoms with Gasteiger partial charge < -0.3 is 19.4 Å². The fraction of sp³-hybridized carbons (Fsp3) is 0.200. The maximum atomic E-state index is 12.7. The number of hydrogen-bond acceptors (Lipinski definition) is 4. The molecular weight excluding hydrogens is 412 g/mol. The van der Waals surface area contributed by atoms with Gasteiger partial charge in [-0.2, -0.15) is 0 Å². The van der Waals surface area contributed by atoms with Crippen LogP contribution in [0, 0.1) is 6.92 Å². The van der Waals surface area contributed by atoms with E-state index in [0.717, 1.165) is 15.4 Å². The van der Waals surface area contributed by atoms with Gasteiger partial charge in [-0.15, -0.1) is 0 Å². The Balaban J connectivity index is 1.65. The number of furan rings is 1. The Hall–Kier alpha value is -2.80. The molecule has 1 N–H and O–H groups in total. The van der Waals surface area contributed by atoms with Crippen molar-refractivity contribution in [3.05, 3.63) is 52.2 Å². The standard InChI is InChI=1S/C20H17BrN2O4/c1-3-23-15-9-13(5-7-17(15)26-10-18(23)24)22-20(25)19-11(2)14-8-12(21)4-6-16(14)27-19/h4-9H,3,10H2,1-2H3,(H,22,25). The van der Waals surface area contributed by atoms with Crippen molar-refractivity contribution in [3.63, 3.8) is 0 Å². The number of carbonyl (C=O) groups is 2. The van der Waals surface area contributed by atoms with Crippen molar-refractivity contribution in [2.75, 3.05) is 23.4 Å². The van der Waals surface area contributed by atoms with E-state index in [1.54, 1.807) is 23.1 Å². The van der Waals surface area contributed by atoms with Crippen molar-refractivity contribution in [2.24, 2.45) is 0 Å². The molecule has 2 heterocycles. The van der Waals surface area contributed by atoms with Gasteiger partial charge in [0.2, 0.25) is 0 Å². The molecule has 2 amide bonds. The highest BCUT2D eigenvalue weighted by molar-refractivity contribution is 9.10. The lowest BCUT2D eigenvalue weighted by molar-refractivity contribution is -0.121. The highest BCUT2D eigenvalue weighted by Gasteiger charge is 2.25. The van der Waals surface area contributed by atoms with Crippen LogP contribution < -0.4 is 15.0 Å². The number of nitrogens with one attached hydrogen (secondary N) is 1. The molecule has 1 aliphatic rings. The van der Waals surface area contributed by atoms with Crippen LogP contribution in [0.4, 0.5) is 11.4 Å². The van der Waals surface area contributed by atoms with Crippen LogP contribution in [0.15, 0.2) is 45.3 Å². The summed E-state index contributed by atoms with van der Waals surface area (Å²) in [5.41, 5.74) is 2.64. The molecule has 0 radical (unpaired) electrons. The average Bonchev–Trinajstić information content (AvgIpc) is 2.98. The third kappa shape index (κ3) is 3.08. The van der Waals surface area contributed by atoms with E-state index in [9.17, 15) is 9.59 Å². The predicted octanol–water partition coefficient (Wildman–Crippen LogP) is 4.50. The quantitative estimate of drug-likeness (QED) is 0.666. The number of ether oxygens (including phenoxy) is 1. The van der Waals surface area contributed by atoms with Crippen molar-refractivity contribution >= 4 is 50.1 Å². The Morgan fingerprint density at radius 3 is 2.85 bits per heavy atom. The smallest absolute Gasteiger partial charge is 0.291 e. The fourth-order valence-corrected chi connectivity index (χ4v) is 3.59. The molecule has 0 atom stereocenters. The van der Waals surface area contributed by atoms with E-state index in [-0.39, 0.29) is 24.2 Å². The third-order valence-electron chi connectivity index (χ3n) is 4.58. The number of fused-ring (bicyclic) bond motifs is 2. The number of likely N-dealkylation sites (N-methyl/N-ethyl adjacent to an activating group) is 1. The van der Waals surface area contributed by atoms with Crippen molar-refractivity contribution in [3.8, 4) is 5.75 Å². The maximum Gasteiger partial charge on any atom is 0.291 e. The first kappa shape index (κ1) is 17.6. The highest BCUT2D eigenvalue weighted by Crippen LogP contribution is 2.35. The molecule has 0 saturated carbocycles. The van der Waals surface area contributed by atoms with E-state index in [1.165, 1.54) is 0 Å². The lowest BCUT2D eigenvalue weighted by Crippen LogP contribution is -2.38. The van der Waals surface area contributed by atoms with Crippen LogP contribution in [-0.4, -0.2) is 25.0 Å². The molecule has 1 aromatic heterocycles. The first-order valence-corrected chi connectivity index (χ1v) is 9.34. The van der Waals surface area contributed by atoms with Gasteiger partial charge in [-0.25, -0.2) is 0 Å². The van der Waals surface area contributed by atoms with E-state index in [2.05, 4.69) is 21.2 Å². The fourth-order valence-electron chi connectivity index (χ4n) is 3.22. The predicted molar refractivity (Wildman–Crippen MR) is 107 cm³/mol. The second kappa shape index (κ2) is 6.74. The summed E-state index contributed by atoms with van der Waals surface area (Å²) in [6, 6.07) is 10.9. The Morgan fingerprint density at radius 2 is 2.07 bits per heavy atom. The van der Waals surface area contributed by atoms with Gasteiger partial charge in [-0.05, 0) is 50.2 Å². The molecule has 2 aromatic carbocycles. The minimum absolute atomic E-state index is 0.0281. The largest absolute Gasteiger partial charge is 0.482 e. The van der Waals surface area contributed by atoms with Crippen LogP contribution in [0.5, 0.6) is 5.75 Å². The van der Waals surface area contributed by atoms with Crippen molar-refractivity contribution in [1.29, 1.82) is 0 Å². The van der Waals surface area contributed by atoms with Gasteiger partial charge in [0.25, 0.3) is 11.8 Å². The van der Waals surface area contributed by atoms with E-state index in [1.807, 2.05) is 32.0 Å². The summed E-state index contributed by atoms with van der Waals surface area (Å²) < 4.78 is 12.1. The molecule has 0 bridgehead atoms. The van der Waals surface area contributed by atoms with Crippen LogP contribution in [0.25, 0.3) is 11.0 Å². The average molecular weight is 429 g/mol. The molecule has 7 heteroatoms. The number of aryl methyl sites for hydroxylation is 1. The van der Waals surface area contributed by atoms with E-state index >= 15 is 0 Å². The summed E-state index contributed by atoms with van der Waals surface area (Å²) in [6.07, 6.45) is 0. The normalized spacial score (nSPS) is 13.4. The summed E-state index contributed by atoms with van der Waals surface area (Å²) >= 11 is 3.43. The first-order valence-electron chi connectivity index (χ1n) is 8.55. The Labute approximate surface area is 164 Å². The first-order chi connectivity index (χ1) is 13.0. The van der Waals surface area contributed by atoms with Gasteiger partial charge in [-0.3, -0.25) is 9.59 Å². The second-order valence-corrected chi connectivity index (χ2v) is 7.18. The Kier molecular flexibility index (Phi) is 4.39. The number of hydrogen-bond donors (Lipinski definition) is 1. The topological polar surface area (TPSA) is 71.8 Å². The molecule has 138 valence electrons. The van der Waals surface area contributed by atoms with Crippen molar-refractivity contribution in [1.82, 2.24) is 0 Å². The highest BCUT2D eigenvalue weighted by atomic mass is 79.9. The van der Waals surface area contributed by atoms with Gasteiger partial charge in [0, 0.05) is 27.7 Å². The number of anilines is 2. The van der Waals surface area contributed by atoms with Crippen LogP contribution in [0.2, 0.25) is 0 Å². The van der Waals surface area contributed by atoms with Gasteiger partial charge in [0.15, 0.2) is 12.4 Å². The number of amides is 2. The van der Waals surface area contributed by atoms with E-state index in [0.29, 0.717) is 29.3 Å². The zero-order chi connectivity index (χ0) is 19.1. The lowest BCUT2D eigenvalue weighted by Gasteiger charge is -2.28. The van der Waals surface area contributed by atoms with E-state index < -0.39 is 0 Å². The SMILES string of the molecule is CCN1C(=O)COc2ccc(NC(=O)c3oc4ccc(Br)cc4c3C)cc21. The molecular formula is C20H17BrN2O4. The lowest BCUT2D eigenvalue weighted by atomic mass is 10.1. The minimum atomic E-state index is -0.342. The van der Waals surface area contributed by atoms with E-state index in [4.69, 9.17) is 9.15 Å². The number of nitrogens with zero attached hydrogens (tertiary/aromatic N) is 1. The monoisotopic (exact) mass is 428 g/mol. The van der Waals surface area contributed by atoms with Gasteiger partial charge in [0.05, 0.1) is 5.69 Å². The Morgan fingerprint density at radius 1 is 1.26 bits per heavy atom. The zero-order valence-electron chi connectivity index (χ0n) is 14.8. The van der Waals surface area contributed by atoms with Crippen LogP contribution in [-0.2, 0) is 4.79 Å². The zero-order valence-corrected chi connectivity index (χ0v) is 16.4. The van der Waals surface area contributed by atoms with Crippen LogP contribution in [0.3, 0.4) is 0 Å². The number of benzene rings is 2. The number of halogens is 1. The summed E-state index contributed by atoms with van der Waals surface area (Å²) in [5.74, 6) is 0.442. The minimum Gasteiger partial charge on any atom is -0.482 e. The Bertz CT molecular complexity index is 1070. The van der Waals surface area contributed by atoms with Gasteiger partial charge >= 0.3 is 0 Å². The summed E-state index contributed by atoms with van der Waals surface area (Å²) in [4.78, 5) is 26.4. The van der Waals surface area contributed by atoms with Gasteiger partial charge in [0.1, 0.15) is 11.3 Å². The molecule has 0 unspecified atom stereocenters. The molecule has 27 heavy (non-hydrogen) atoms. The van der Waals surface area contributed by atoms with Crippen molar-refractivity contribution < 1.29 is 18.7 Å². The maximum absolute atomic E-state index is 12.7. The molecule has 1 aliphatic heterocycles. The molecule has 0 aliphatic carbocycles. The van der Waals surface area contributed by atoms with Crippen molar-refractivity contribution in [2.45, 2.75) is 13.8 Å². The summed E-state index contributed by atoms with van der Waals surface area (Å²) in [5, 5.41) is 3.73. The molecule has 6 nitrogen and oxygen atoms in total. The molecule has 4 rings (SSSR count). The van der Waals surface area contributed by atoms with Crippen LogP contribution >= 0.6 is 15.9 Å². The number of rotatable bonds is 3. The van der Waals surface area contributed by atoms with Crippen LogP contribution in [0.1, 0.15) is 23.0 Å². The summed E-state index contributed by atoms with van der Waals surface area (Å²) in [7, 11) is 0. The molecule has 0 saturated heterocycles. The number of carbonyl (C=O) groups excluding carboxylic acids is 2. The molecule has 0 spiro atoms. The van der Waals surface area contributed by atoms with Gasteiger partial charge in [-0.1, -0.05) is 15.9 Å². The molecule has 3 aromatic rings. The third-order valence-corrected chi connectivity index (χ3v) is 5.07. The summed E-state index contributed by atoms with van der Waals surface area (Å²) in [6.45, 7) is 4.31. The second-order valence-electron chi connectivity index (χ2n) is 6.26.